The number of amides is 2. The molecule has 0 aliphatic heterocycles. The summed E-state index contributed by atoms with van der Waals surface area (Å²) in [5, 5.41) is 5.63. The number of anilines is 1. The predicted molar refractivity (Wildman–Crippen MR) is 102 cm³/mol. The van der Waals surface area contributed by atoms with Gasteiger partial charge in [0.1, 0.15) is 6.04 Å². The van der Waals surface area contributed by atoms with Gasteiger partial charge in [-0.3, -0.25) is 14.9 Å². The number of fused-ring (bicyclic) bond motifs is 1. The number of rotatable bonds is 6. The molecule has 0 fully saturated rings. The van der Waals surface area contributed by atoms with Crippen LogP contribution in [0.5, 0.6) is 0 Å². The number of hydrogen-bond donors (Lipinski definition) is 3. The summed E-state index contributed by atoms with van der Waals surface area (Å²) in [7, 11) is 0. The maximum absolute atomic E-state index is 12.8. The third kappa shape index (κ3) is 3.91. The first-order chi connectivity index (χ1) is 12.6. The van der Waals surface area contributed by atoms with Crippen LogP contribution in [-0.4, -0.2) is 27.8 Å². The van der Waals surface area contributed by atoms with E-state index in [9.17, 15) is 9.59 Å². The molecule has 0 aliphatic rings. The number of para-hydroxylation sites is 2. The normalized spacial score (nSPS) is 13.2. The molecule has 0 spiro atoms. The molecule has 6 nitrogen and oxygen atoms in total. The Morgan fingerprint density at radius 2 is 1.77 bits per heavy atom. The molecule has 0 saturated carbocycles. The largest absolute Gasteiger partial charge is 0.340 e. The van der Waals surface area contributed by atoms with E-state index in [4.69, 9.17) is 0 Å². The first kappa shape index (κ1) is 17.7. The van der Waals surface area contributed by atoms with Gasteiger partial charge in [0.2, 0.25) is 11.9 Å². The van der Waals surface area contributed by atoms with Gasteiger partial charge in [0.05, 0.1) is 11.0 Å². The summed E-state index contributed by atoms with van der Waals surface area (Å²) in [5.41, 5.74) is 2.14. The number of nitrogens with zero attached hydrogens (tertiary/aromatic N) is 1. The lowest BCUT2D eigenvalue weighted by atomic mass is 9.98. The quantitative estimate of drug-likeness (QED) is 0.637. The van der Waals surface area contributed by atoms with Crippen LogP contribution >= 0.6 is 0 Å². The molecule has 2 amide bonds. The summed E-state index contributed by atoms with van der Waals surface area (Å²) < 4.78 is 0. The van der Waals surface area contributed by atoms with Gasteiger partial charge in [0, 0.05) is 5.56 Å². The van der Waals surface area contributed by atoms with Crippen LogP contribution in [0.1, 0.15) is 30.6 Å². The van der Waals surface area contributed by atoms with E-state index >= 15 is 0 Å². The van der Waals surface area contributed by atoms with Crippen molar-refractivity contribution in [2.45, 2.75) is 26.3 Å². The summed E-state index contributed by atoms with van der Waals surface area (Å²) in [4.78, 5) is 32.7. The molecule has 6 heteroatoms. The van der Waals surface area contributed by atoms with Gasteiger partial charge in [-0.15, -0.1) is 0 Å². The topological polar surface area (TPSA) is 86.9 Å². The fraction of sp³-hybridized carbons (Fsp3) is 0.250. The molecular formula is C20H22N4O2. The third-order valence-electron chi connectivity index (χ3n) is 4.45. The van der Waals surface area contributed by atoms with Crippen molar-refractivity contribution in [1.29, 1.82) is 0 Å². The van der Waals surface area contributed by atoms with Gasteiger partial charge < -0.3 is 10.3 Å². The highest BCUT2D eigenvalue weighted by molar-refractivity contribution is 6.01. The minimum atomic E-state index is -0.652. The van der Waals surface area contributed by atoms with E-state index < -0.39 is 6.04 Å². The Morgan fingerprint density at radius 3 is 2.46 bits per heavy atom. The molecule has 3 rings (SSSR count). The average molecular weight is 350 g/mol. The van der Waals surface area contributed by atoms with Gasteiger partial charge in [0.25, 0.3) is 5.91 Å². The molecule has 0 unspecified atom stereocenters. The highest BCUT2D eigenvalue weighted by Crippen LogP contribution is 2.15. The number of imidazole rings is 1. The molecule has 3 aromatic rings. The predicted octanol–water partition coefficient (Wildman–Crippen LogP) is 3.35. The number of aromatic nitrogens is 2. The standard InChI is InChI=1S/C20H22N4O2/c1-3-13(2)17(23-18(25)14-9-5-4-6-10-14)19(26)24-20-21-15-11-7-8-12-16(15)22-20/h4-13,17H,3H2,1-2H3,(H,23,25)(H2,21,22,24,26)/t13-,17-/m1/s1. The van der Waals surface area contributed by atoms with Gasteiger partial charge in [-0.25, -0.2) is 4.98 Å². The van der Waals surface area contributed by atoms with Gasteiger partial charge in [-0.2, -0.15) is 0 Å². The van der Waals surface area contributed by atoms with Crippen molar-refractivity contribution in [1.82, 2.24) is 15.3 Å². The van der Waals surface area contributed by atoms with E-state index in [2.05, 4.69) is 20.6 Å². The zero-order valence-electron chi connectivity index (χ0n) is 14.8. The molecule has 3 N–H and O–H groups in total. The summed E-state index contributed by atoms with van der Waals surface area (Å²) in [6, 6.07) is 15.8. The summed E-state index contributed by atoms with van der Waals surface area (Å²) in [6.45, 7) is 3.93. The van der Waals surface area contributed by atoms with Crippen molar-refractivity contribution in [3.8, 4) is 0 Å². The number of H-pyrrole nitrogens is 1. The van der Waals surface area contributed by atoms with Crippen molar-refractivity contribution in [2.24, 2.45) is 5.92 Å². The molecule has 1 heterocycles. The molecule has 0 aliphatic carbocycles. The number of carbonyl (C=O) groups excluding carboxylic acids is 2. The van der Waals surface area contributed by atoms with Crippen LogP contribution in [0.15, 0.2) is 54.6 Å². The molecule has 26 heavy (non-hydrogen) atoms. The Morgan fingerprint density at radius 1 is 1.08 bits per heavy atom. The molecule has 0 bridgehead atoms. The second kappa shape index (κ2) is 7.82. The van der Waals surface area contributed by atoms with Crippen LogP contribution in [0.3, 0.4) is 0 Å². The summed E-state index contributed by atoms with van der Waals surface area (Å²) in [6.07, 6.45) is 0.757. The molecule has 134 valence electrons. The van der Waals surface area contributed by atoms with E-state index in [0.717, 1.165) is 17.5 Å². The third-order valence-corrected chi connectivity index (χ3v) is 4.45. The van der Waals surface area contributed by atoms with Crippen molar-refractivity contribution in [3.63, 3.8) is 0 Å². The maximum atomic E-state index is 12.8. The van der Waals surface area contributed by atoms with Crippen LogP contribution < -0.4 is 10.6 Å². The molecule has 2 aromatic carbocycles. The number of aromatic amines is 1. The van der Waals surface area contributed by atoms with Crippen molar-refractivity contribution in [2.75, 3.05) is 5.32 Å². The first-order valence-electron chi connectivity index (χ1n) is 8.70. The van der Waals surface area contributed by atoms with E-state index in [1.54, 1.807) is 24.3 Å². The number of benzene rings is 2. The van der Waals surface area contributed by atoms with Crippen LogP contribution in [0, 0.1) is 5.92 Å². The second-order valence-electron chi connectivity index (χ2n) is 6.29. The SMILES string of the molecule is CC[C@@H](C)[C@@H](NC(=O)c1ccccc1)C(=O)Nc1nc2ccccc2[nH]1. The number of carbonyl (C=O) groups is 2. The Kier molecular flexibility index (Phi) is 5.31. The first-order valence-corrected chi connectivity index (χ1v) is 8.70. The van der Waals surface area contributed by atoms with Gasteiger partial charge in [-0.05, 0) is 30.2 Å². The Bertz CT molecular complexity index is 871. The van der Waals surface area contributed by atoms with E-state index in [1.807, 2.05) is 44.2 Å². The molecular weight excluding hydrogens is 328 g/mol. The minimum Gasteiger partial charge on any atom is -0.340 e. The summed E-state index contributed by atoms with van der Waals surface area (Å²) >= 11 is 0. The van der Waals surface area contributed by atoms with Crippen molar-refractivity contribution in [3.05, 3.63) is 60.2 Å². The maximum Gasteiger partial charge on any atom is 0.251 e. The van der Waals surface area contributed by atoms with Crippen molar-refractivity contribution >= 4 is 28.8 Å². The molecule has 0 saturated heterocycles. The average Bonchev–Trinajstić information content (AvgIpc) is 3.08. The second-order valence-corrected chi connectivity index (χ2v) is 6.29. The van der Waals surface area contributed by atoms with Crippen LogP contribution in [-0.2, 0) is 4.79 Å². The fourth-order valence-electron chi connectivity index (χ4n) is 2.72. The zero-order valence-corrected chi connectivity index (χ0v) is 14.8. The van der Waals surface area contributed by atoms with E-state index in [1.165, 1.54) is 0 Å². The van der Waals surface area contributed by atoms with E-state index in [-0.39, 0.29) is 17.7 Å². The van der Waals surface area contributed by atoms with Crippen LogP contribution in [0.2, 0.25) is 0 Å². The minimum absolute atomic E-state index is 0.0213. The fourth-order valence-corrected chi connectivity index (χ4v) is 2.72. The molecule has 1 aromatic heterocycles. The number of hydrogen-bond acceptors (Lipinski definition) is 3. The van der Waals surface area contributed by atoms with Crippen LogP contribution in [0.4, 0.5) is 5.95 Å². The Labute approximate surface area is 152 Å². The lowest BCUT2D eigenvalue weighted by molar-refractivity contribution is -0.119. The Balaban J connectivity index is 1.76. The molecule has 0 radical (unpaired) electrons. The number of nitrogens with one attached hydrogen (secondary N) is 3. The zero-order chi connectivity index (χ0) is 18.5. The summed E-state index contributed by atoms with van der Waals surface area (Å²) in [5.74, 6) is -0.205. The lowest BCUT2D eigenvalue weighted by Crippen LogP contribution is -2.47. The highest BCUT2D eigenvalue weighted by Gasteiger charge is 2.27. The van der Waals surface area contributed by atoms with Crippen LogP contribution in [0.25, 0.3) is 11.0 Å². The van der Waals surface area contributed by atoms with E-state index in [0.29, 0.717) is 11.5 Å². The highest BCUT2D eigenvalue weighted by atomic mass is 16.2. The lowest BCUT2D eigenvalue weighted by Gasteiger charge is -2.23. The molecule has 2 atom stereocenters. The van der Waals surface area contributed by atoms with Crippen molar-refractivity contribution < 1.29 is 9.59 Å². The van der Waals surface area contributed by atoms with Gasteiger partial charge in [0.15, 0.2) is 0 Å². The van der Waals surface area contributed by atoms with Gasteiger partial charge in [-0.1, -0.05) is 50.6 Å². The Hall–Kier alpha value is -3.15. The monoisotopic (exact) mass is 350 g/mol. The smallest absolute Gasteiger partial charge is 0.251 e. The van der Waals surface area contributed by atoms with Gasteiger partial charge >= 0.3 is 0 Å².